The molecule has 0 unspecified atom stereocenters. The van der Waals surface area contributed by atoms with Gasteiger partial charge >= 0.3 is 12.1 Å². The monoisotopic (exact) mass is 377 g/mol. The van der Waals surface area contributed by atoms with Crippen LogP contribution in [-0.2, 0) is 22.3 Å². The average Bonchev–Trinajstić information content (AvgIpc) is 2.94. The molecule has 3 rings (SSSR count). The molecular formula is C19H14F3NO4. The number of carbonyl (C=O) groups is 3. The van der Waals surface area contributed by atoms with Gasteiger partial charge in [0.1, 0.15) is 5.75 Å². The summed E-state index contributed by atoms with van der Waals surface area (Å²) in [5.41, 5.74) is -0.373. The predicted molar refractivity (Wildman–Crippen MR) is 87.6 cm³/mol. The van der Waals surface area contributed by atoms with E-state index >= 15 is 0 Å². The summed E-state index contributed by atoms with van der Waals surface area (Å²) >= 11 is 0. The van der Waals surface area contributed by atoms with Gasteiger partial charge in [0.25, 0.3) is 0 Å². The van der Waals surface area contributed by atoms with E-state index in [9.17, 15) is 27.6 Å². The van der Waals surface area contributed by atoms with Crippen molar-refractivity contribution in [2.75, 3.05) is 0 Å². The summed E-state index contributed by atoms with van der Waals surface area (Å²) in [4.78, 5) is 36.5. The van der Waals surface area contributed by atoms with Gasteiger partial charge in [-0.2, -0.15) is 13.2 Å². The number of halogens is 3. The molecule has 0 radical (unpaired) electrons. The number of ether oxygens (including phenoxy) is 1. The van der Waals surface area contributed by atoms with Crippen LogP contribution in [-0.4, -0.2) is 22.7 Å². The van der Waals surface area contributed by atoms with Gasteiger partial charge in [-0.25, -0.2) is 4.79 Å². The highest BCUT2D eigenvalue weighted by atomic mass is 19.4. The molecule has 0 atom stereocenters. The van der Waals surface area contributed by atoms with Crippen LogP contribution in [0.15, 0.2) is 48.5 Å². The SMILES string of the molecule is O=C(Oc1ccccc1C(F)(F)F)c1ccc(CN2C(=O)CCC2=O)cc1. The second kappa shape index (κ2) is 7.22. The van der Waals surface area contributed by atoms with E-state index < -0.39 is 23.5 Å². The maximum Gasteiger partial charge on any atom is 0.419 e. The number of imide groups is 1. The third kappa shape index (κ3) is 4.16. The molecule has 0 bridgehead atoms. The normalized spacial score (nSPS) is 14.6. The highest BCUT2D eigenvalue weighted by molar-refractivity contribution is 6.01. The van der Waals surface area contributed by atoms with Crippen LogP contribution in [0.4, 0.5) is 13.2 Å². The summed E-state index contributed by atoms with van der Waals surface area (Å²) in [6.45, 7) is 0.0872. The maximum absolute atomic E-state index is 13.0. The molecule has 27 heavy (non-hydrogen) atoms. The van der Waals surface area contributed by atoms with Crippen molar-refractivity contribution in [2.24, 2.45) is 0 Å². The van der Waals surface area contributed by atoms with Gasteiger partial charge in [0.05, 0.1) is 17.7 Å². The minimum atomic E-state index is -4.64. The first kappa shape index (κ1) is 18.6. The first-order valence-corrected chi connectivity index (χ1v) is 8.06. The van der Waals surface area contributed by atoms with Crippen molar-refractivity contribution in [1.82, 2.24) is 4.90 Å². The van der Waals surface area contributed by atoms with Crippen molar-refractivity contribution in [3.8, 4) is 5.75 Å². The Morgan fingerprint density at radius 2 is 1.56 bits per heavy atom. The molecule has 2 amide bonds. The van der Waals surface area contributed by atoms with Crippen molar-refractivity contribution in [2.45, 2.75) is 25.6 Å². The van der Waals surface area contributed by atoms with Crippen molar-refractivity contribution in [1.29, 1.82) is 0 Å². The van der Waals surface area contributed by atoms with Gasteiger partial charge in [0.15, 0.2) is 0 Å². The Morgan fingerprint density at radius 1 is 0.963 bits per heavy atom. The highest BCUT2D eigenvalue weighted by Gasteiger charge is 2.34. The largest absolute Gasteiger partial charge is 0.422 e. The van der Waals surface area contributed by atoms with Crippen molar-refractivity contribution >= 4 is 17.8 Å². The minimum absolute atomic E-state index is 0.0507. The summed E-state index contributed by atoms with van der Waals surface area (Å²) in [7, 11) is 0. The number of nitrogens with zero attached hydrogens (tertiary/aromatic N) is 1. The van der Waals surface area contributed by atoms with Crippen LogP contribution in [0.1, 0.15) is 34.3 Å². The third-order valence-corrected chi connectivity index (χ3v) is 4.08. The van der Waals surface area contributed by atoms with Gasteiger partial charge in [0.2, 0.25) is 11.8 Å². The van der Waals surface area contributed by atoms with Crippen molar-refractivity contribution < 1.29 is 32.3 Å². The molecule has 8 heteroatoms. The molecule has 0 aromatic heterocycles. The van der Waals surface area contributed by atoms with Crippen molar-refractivity contribution in [3.05, 3.63) is 65.2 Å². The fourth-order valence-corrected chi connectivity index (χ4v) is 2.68. The maximum atomic E-state index is 13.0. The summed E-state index contributed by atoms with van der Waals surface area (Å²) < 4.78 is 43.8. The number of para-hydroxylation sites is 1. The van der Waals surface area contributed by atoms with Crippen LogP contribution >= 0.6 is 0 Å². The lowest BCUT2D eigenvalue weighted by Crippen LogP contribution is -2.28. The fraction of sp³-hybridized carbons (Fsp3) is 0.211. The molecule has 0 N–H and O–H groups in total. The molecule has 1 saturated heterocycles. The first-order chi connectivity index (χ1) is 12.8. The fourth-order valence-electron chi connectivity index (χ4n) is 2.68. The number of benzene rings is 2. The molecule has 5 nitrogen and oxygen atoms in total. The Bertz CT molecular complexity index is 875. The number of alkyl halides is 3. The van der Waals surface area contributed by atoms with Gasteiger partial charge in [-0.3, -0.25) is 14.5 Å². The number of hydrogen-bond donors (Lipinski definition) is 0. The molecule has 1 heterocycles. The van der Waals surface area contributed by atoms with E-state index in [0.717, 1.165) is 17.0 Å². The second-order valence-corrected chi connectivity index (χ2v) is 5.95. The predicted octanol–water partition coefficient (Wildman–Crippen LogP) is 3.57. The Kier molecular flexibility index (Phi) is 4.98. The molecule has 1 fully saturated rings. The summed E-state index contributed by atoms with van der Waals surface area (Å²) in [6, 6.07) is 10.2. The van der Waals surface area contributed by atoms with Crippen LogP contribution in [0, 0.1) is 0 Å². The lowest BCUT2D eigenvalue weighted by molar-refractivity contribution is -0.140. The molecule has 1 aliphatic heterocycles. The van der Waals surface area contributed by atoms with E-state index in [1.807, 2.05) is 0 Å². The Morgan fingerprint density at radius 3 is 2.15 bits per heavy atom. The zero-order valence-electron chi connectivity index (χ0n) is 14.0. The molecule has 2 aromatic rings. The van der Waals surface area contributed by atoms with Crippen LogP contribution in [0.25, 0.3) is 0 Å². The topological polar surface area (TPSA) is 63.7 Å². The number of esters is 1. The molecule has 1 aliphatic rings. The summed E-state index contributed by atoms with van der Waals surface area (Å²) in [5, 5.41) is 0. The number of hydrogen-bond acceptors (Lipinski definition) is 4. The van der Waals surface area contributed by atoms with Crippen LogP contribution in [0.5, 0.6) is 5.75 Å². The van der Waals surface area contributed by atoms with Gasteiger partial charge < -0.3 is 4.74 Å². The number of likely N-dealkylation sites (tertiary alicyclic amines) is 1. The second-order valence-electron chi connectivity index (χ2n) is 5.95. The average molecular weight is 377 g/mol. The lowest BCUT2D eigenvalue weighted by Gasteiger charge is -2.14. The van der Waals surface area contributed by atoms with E-state index in [1.54, 1.807) is 0 Å². The summed E-state index contributed by atoms with van der Waals surface area (Å²) in [5.74, 6) is -2.03. The zero-order valence-corrected chi connectivity index (χ0v) is 14.0. The van der Waals surface area contributed by atoms with Gasteiger partial charge in [0, 0.05) is 12.8 Å². The van der Waals surface area contributed by atoms with Gasteiger partial charge in [-0.15, -0.1) is 0 Å². The number of carbonyl (C=O) groups excluding carboxylic acids is 3. The van der Waals surface area contributed by atoms with E-state index in [0.29, 0.717) is 5.56 Å². The molecule has 140 valence electrons. The highest BCUT2D eigenvalue weighted by Crippen LogP contribution is 2.36. The number of amides is 2. The van der Waals surface area contributed by atoms with E-state index in [-0.39, 0.29) is 36.8 Å². The summed E-state index contributed by atoms with van der Waals surface area (Å²) in [6.07, 6.45) is -4.28. The minimum Gasteiger partial charge on any atom is -0.422 e. The van der Waals surface area contributed by atoms with Crippen molar-refractivity contribution in [3.63, 3.8) is 0 Å². The Labute approximate surface area is 152 Å². The molecule has 0 saturated carbocycles. The van der Waals surface area contributed by atoms with Crippen LogP contribution < -0.4 is 4.74 Å². The van der Waals surface area contributed by atoms with Crippen LogP contribution in [0.2, 0.25) is 0 Å². The molecule has 0 aliphatic carbocycles. The standard InChI is InChI=1S/C19H14F3NO4/c20-19(21,22)14-3-1-2-4-15(14)27-18(26)13-7-5-12(6-8-13)11-23-16(24)9-10-17(23)25/h1-8H,9-11H2. The molecule has 2 aromatic carbocycles. The van der Waals surface area contributed by atoms with E-state index in [2.05, 4.69) is 0 Å². The first-order valence-electron chi connectivity index (χ1n) is 8.06. The Balaban J connectivity index is 1.72. The lowest BCUT2D eigenvalue weighted by atomic mass is 10.1. The molecule has 0 spiro atoms. The molecular weight excluding hydrogens is 363 g/mol. The van der Waals surface area contributed by atoms with Gasteiger partial charge in [-0.05, 0) is 29.8 Å². The van der Waals surface area contributed by atoms with E-state index in [4.69, 9.17) is 4.74 Å². The van der Waals surface area contributed by atoms with E-state index in [1.165, 1.54) is 36.4 Å². The smallest absolute Gasteiger partial charge is 0.419 e. The Hall–Kier alpha value is -3.16. The van der Waals surface area contributed by atoms with Gasteiger partial charge in [-0.1, -0.05) is 24.3 Å². The number of rotatable bonds is 4. The van der Waals surface area contributed by atoms with Crippen LogP contribution in [0.3, 0.4) is 0 Å². The third-order valence-electron chi connectivity index (χ3n) is 4.08. The quantitative estimate of drug-likeness (QED) is 0.464. The zero-order chi connectivity index (χ0) is 19.6.